The molecule has 0 aromatic heterocycles. The average Bonchev–Trinajstić information content (AvgIpc) is 2.64. The summed E-state index contributed by atoms with van der Waals surface area (Å²) in [6.45, 7) is 0. The fourth-order valence-corrected chi connectivity index (χ4v) is 2.29. The molecule has 1 amide bonds. The minimum absolute atomic E-state index is 0.310. The number of anilines is 1. The maximum absolute atomic E-state index is 12.0. The van der Waals surface area contributed by atoms with Crippen LogP contribution in [0.15, 0.2) is 77.9 Å². The molecule has 3 rings (SSSR count). The van der Waals surface area contributed by atoms with Gasteiger partial charge < -0.3 is 10.5 Å². The number of halogens is 1. The summed E-state index contributed by atoms with van der Waals surface area (Å²) in [5.41, 5.74) is 9.94. The molecule has 3 aromatic rings. The van der Waals surface area contributed by atoms with Crippen molar-refractivity contribution in [3.05, 3.63) is 88.9 Å². The summed E-state index contributed by atoms with van der Waals surface area (Å²) in [6, 6.07) is 21.0. The number of hydrogen-bond acceptors (Lipinski definition) is 4. The van der Waals surface area contributed by atoms with E-state index in [2.05, 4.69) is 10.5 Å². The fraction of sp³-hybridized carbons (Fsp3) is 0. The van der Waals surface area contributed by atoms with E-state index in [9.17, 15) is 4.79 Å². The molecule has 26 heavy (non-hydrogen) atoms. The highest BCUT2D eigenvalue weighted by Gasteiger charge is 2.03. The molecule has 130 valence electrons. The number of nitrogens with one attached hydrogen (secondary N) is 1. The Balaban J connectivity index is 1.62. The summed E-state index contributed by atoms with van der Waals surface area (Å²) in [4.78, 5) is 12.0. The SMILES string of the molecule is Nc1ccc(C(=O)N/N=C/c2cccc(Oc3ccc(Cl)cc3)c2)cc1. The Morgan fingerprint density at radius 3 is 2.46 bits per heavy atom. The van der Waals surface area contributed by atoms with E-state index in [0.29, 0.717) is 27.8 Å². The lowest BCUT2D eigenvalue weighted by molar-refractivity contribution is 0.0955. The van der Waals surface area contributed by atoms with Crippen LogP contribution in [0.25, 0.3) is 0 Å². The number of hydrazone groups is 1. The third-order valence-corrected chi connectivity index (χ3v) is 3.71. The summed E-state index contributed by atoms with van der Waals surface area (Å²) in [6.07, 6.45) is 1.55. The van der Waals surface area contributed by atoms with Crippen LogP contribution >= 0.6 is 11.6 Å². The van der Waals surface area contributed by atoms with E-state index in [1.807, 2.05) is 24.3 Å². The van der Waals surface area contributed by atoms with Crippen LogP contribution in [0.5, 0.6) is 11.5 Å². The minimum Gasteiger partial charge on any atom is -0.457 e. The van der Waals surface area contributed by atoms with Gasteiger partial charge in [0.05, 0.1) is 6.21 Å². The van der Waals surface area contributed by atoms with Crippen LogP contribution in [-0.4, -0.2) is 12.1 Å². The zero-order valence-electron chi connectivity index (χ0n) is 13.7. The predicted octanol–water partition coefficient (Wildman–Crippen LogP) is 4.48. The van der Waals surface area contributed by atoms with E-state index in [0.717, 1.165) is 5.56 Å². The van der Waals surface area contributed by atoms with Crippen LogP contribution in [-0.2, 0) is 0 Å². The molecule has 0 bridgehead atoms. The smallest absolute Gasteiger partial charge is 0.271 e. The normalized spacial score (nSPS) is 10.7. The van der Waals surface area contributed by atoms with Crippen molar-refractivity contribution in [2.75, 3.05) is 5.73 Å². The van der Waals surface area contributed by atoms with E-state index in [4.69, 9.17) is 22.1 Å². The van der Waals surface area contributed by atoms with Gasteiger partial charge in [-0.1, -0.05) is 23.7 Å². The third-order valence-electron chi connectivity index (χ3n) is 3.46. The predicted molar refractivity (Wildman–Crippen MR) is 104 cm³/mol. The summed E-state index contributed by atoms with van der Waals surface area (Å²) < 4.78 is 5.76. The van der Waals surface area contributed by atoms with E-state index >= 15 is 0 Å². The lowest BCUT2D eigenvalue weighted by atomic mass is 10.2. The molecule has 0 unspecified atom stereocenters. The van der Waals surface area contributed by atoms with Gasteiger partial charge in [-0.25, -0.2) is 5.43 Å². The molecule has 0 heterocycles. The first-order valence-corrected chi connectivity index (χ1v) is 8.20. The van der Waals surface area contributed by atoms with Crippen molar-refractivity contribution >= 4 is 29.4 Å². The van der Waals surface area contributed by atoms with Gasteiger partial charge in [0.25, 0.3) is 5.91 Å². The van der Waals surface area contributed by atoms with Crippen LogP contribution in [0.2, 0.25) is 5.02 Å². The van der Waals surface area contributed by atoms with Crippen LogP contribution in [0, 0.1) is 0 Å². The number of carbonyl (C=O) groups is 1. The van der Waals surface area contributed by atoms with Crippen LogP contribution in [0.4, 0.5) is 5.69 Å². The van der Waals surface area contributed by atoms with Gasteiger partial charge in [-0.2, -0.15) is 5.10 Å². The number of amides is 1. The second-order valence-electron chi connectivity index (χ2n) is 5.45. The standard InChI is InChI=1S/C20H16ClN3O2/c21-16-6-10-18(11-7-16)26-19-3-1-2-14(12-19)13-23-24-20(25)15-4-8-17(22)9-5-15/h1-13H,22H2,(H,24,25)/b23-13+. The highest BCUT2D eigenvalue weighted by Crippen LogP contribution is 2.23. The van der Waals surface area contributed by atoms with Gasteiger partial charge in [0.2, 0.25) is 0 Å². The summed E-state index contributed by atoms with van der Waals surface area (Å²) >= 11 is 5.86. The second-order valence-corrected chi connectivity index (χ2v) is 5.89. The number of rotatable bonds is 5. The molecule has 0 saturated carbocycles. The molecule has 6 heteroatoms. The van der Waals surface area contributed by atoms with Crippen molar-refractivity contribution in [1.82, 2.24) is 5.43 Å². The molecule has 0 spiro atoms. The molecule has 5 nitrogen and oxygen atoms in total. The Morgan fingerprint density at radius 2 is 1.73 bits per heavy atom. The number of carbonyl (C=O) groups excluding carboxylic acids is 1. The van der Waals surface area contributed by atoms with E-state index in [-0.39, 0.29) is 5.91 Å². The Labute approximate surface area is 156 Å². The Kier molecular flexibility index (Phi) is 5.51. The number of hydrogen-bond donors (Lipinski definition) is 2. The van der Waals surface area contributed by atoms with Gasteiger partial charge in [-0.3, -0.25) is 4.79 Å². The quantitative estimate of drug-likeness (QED) is 0.397. The number of nitrogen functional groups attached to an aromatic ring is 1. The maximum atomic E-state index is 12.0. The molecule has 0 radical (unpaired) electrons. The number of nitrogens with two attached hydrogens (primary N) is 1. The van der Waals surface area contributed by atoms with Crippen molar-refractivity contribution in [3.63, 3.8) is 0 Å². The summed E-state index contributed by atoms with van der Waals surface area (Å²) in [5.74, 6) is 1.02. The van der Waals surface area contributed by atoms with Gasteiger partial charge in [0, 0.05) is 16.3 Å². The lowest BCUT2D eigenvalue weighted by Gasteiger charge is -2.06. The molecule has 0 fully saturated rings. The number of benzene rings is 3. The van der Waals surface area contributed by atoms with E-state index in [1.54, 1.807) is 54.7 Å². The van der Waals surface area contributed by atoms with Gasteiger partial charge in [-0.05, 0) is 66.2 Å². The Hall–Kier alpha value is -3.31. The zero-order valence-corrected chi connectivity index (χ0v) is 14.5. The number of ether oxygens (including phenoxy) is 1. The van der Waals surface area contributed by atoms with Gasteiger partial charge in [0.15, 0.2) is 0 Å². The molecular weight excluding hydrogens is 350 g/mol. The Bertz CT molecular complexity index is 923. The first-order chi connectivity index (χ1) is 12.6. The van der Waals surface area contributed by atoms with Crippen molar-refractivity contribution in [2.45, 2.75) is 0 Å². The molecular formula is C20H16ClN3O2. The van der Waals surface area contributed by atoms with Crippen LogP contribution in [0.1, 0.15) is 15.9 Å². The van der Waals surface area contributed by atoms with Crippen molar-refractivity contribution in [3.8, 4) is 11.5 Å². The largest absolute Gasteiger partial charge is 0.457 e. The molecule has 0 aliphatic heterocycles. The summed E-state index contributed by atoms with van der Waals surface area (Å²) in [5, 5.41) is 4.62. The Morgan fingerprint density at radius 1 is 1.00 bits per heavy atom. The van der Waals surface area contributed by atoms with Crippen molar-refractivity contribution in [1.29, 1.82) is 0 Å². The number of nitrogens with zero attached hydrogens (tertiary/aromatic N) is 1. The molecule has 0 aliphatic carbocycles. The third kappa shape index (κ3) is 4.84. The van der Waals surface area contributed by atoms with E-state index < -0.39 is 0 Å². The maximum Gasteiger partial charge on any atom is 0.271 e. The molecule has 0 atom stereocenters. The average molecular weight is 366 g/mol. The van der Waals surface area contributed by atoms with Gasteiger partial charge >= 0.3 is 0 Å². The van der Waals surface area contributed by atoms with Crippen molar-refractivity contribution < 1.29 is 9.53 Å². The second kappa shape index (κ2) is 8.18. The first kappa shape index (κ1) is 17.5. The molecule has 3 aromatic carbocycles. The van der Waals surface area contributed by atoms with Crippen LogP contribution < -0.4 is 15.9 Å². The first-order valence-electron chi connectivity index (χ1n) is 7.82. The van der Waals surface area contributed by atoms with E-state index in [1.165, 1.54) is 0 Å². The van der Waals surface area contributed by atoms with Crippen LogP contribution in [0.3, 0.4) is 0 Å². The highest BCUT2D eigenvalue weighted by molar-refractivity contribution is 6.30. The molecule has 0 saturated heterocycles. The minimum atomic E-state index is -0.310. The zero-order chi connectivity index (χ0) is 18.4. The monoisotopic (exact) mass is 365 g/mol. The fourth-order valence-electron chi connectivity index (χ4n) is 2.16. The topological polar surface area (TPSA) is 76.7 Å². The van der Waals surface area contributed by atoms with Gasteiger partial charge in [-0.15, -0.1) is 0 Å². The van der Waals surface area contributed by atoms with Crippen molar-refractivity contribution in [2.24, 2.45) is 5.10 Å². The van der Waals surface area contributed by atoms with Gasteiger partial charge in [0.1, 0.15) is 11.5 Å². The molecule has 0 aliphatic rings. The highest BCUT2D eigenvalue weighted by atomic mass is 35.5. The lowest BCUT2D eigenvalue weighted by Crippen LogP contribution is -2.17. The molecule has 3 N–H and O–H groups in total. The summed E-state index contributed by atoms with van der Waals surface area (Å²) in [7, 11) is 0.